The number of halogens is 3. The average molecular weight is 388 g/mol. The van der Waals surface area contributed by atoms with Crippen molar-refractivity contribution in [1.29, 1.82) is 0 Å². The lowest BCUT2D eigenvalue weighted by atomic mass is 10.3. The molecule has 1 aromatic carbocycles. The van der Waals surface area contributed by atoms with Crippen LogP contribution in [0.3, 0.4) is 0 Å². The van der Waals surface area contributed by atoms with Gasteiger partial charge >= 0.3 is 6.36 Å². The number of imidazole rings is 1. The van der Waals surface area contributed by atoms with Crippen LogP contribution in [0.15, 0.2) is 28.7 Å². The first-order chi connectivity index (χ1) is 11.4. The van der Waals surface area contributed by atoms with Gasteiger partial charge < -0.3 is 4.74 Å². The summed E-state index contributed by atoms with van der Waals surface area (Å²) in [6.45, 7) is 0. The first-order valence-corrected chi connectivity index (χ1v) is 9.34. The molecule has 0 N–H and O–H groups in total. The number of rotatable bonds is 3. The van der Waals surface area contributed by atoms with Crippen molar-refractivity contribution in [3.05, 3.63) is 24.4 Å². The molecule has 0 amide bonds. The van der Waals surface area contributed by atoms with Gasteiger partial charge in [-0.3, -0.25) is 0 Å². The van der Waals surface area contributed by atoms with Gasteiger partial charge in [0.15, 0.2) is 10.1 Å². The molecule has 4 aromatic rings. The van der Waals surface area contributed by atoms with Crippen LogP contribution in [0.2, 0.25) is 0 Å². The van der Waals surface area contributed by atoms with Crippen LogP contribution in [0.5, 0.6) is 5.75 Å². The number of alkyl halides is 3. The molecule has 5 nitrogen and oxygen atoms in total. The quantitative estimate of drug-likeness (QED) is 0.477. The lowest BCUT2D eigenvalue weighted by Gasteiger charge is -2.08. The van der Waals surface area contributed by atoms with Crippen molar-refractivity contribution in [2.45, 2.75) is 10.7 Å². The summed E-state index contributed by atoms with van der Waals surface area (Å²) in [5.74, 6) is -0.314. The van der Waals surface area contributed by atoms with Gasteiger partial charge in [-0.15, -0.1) is 29.6 Å². The van der Waals surface area contributed by atoms with Gasteiger partial charge in [0.05, 0.1) is 10.9 Å². The minimum atomic E-state index is -4.76. The second kappa shape index (κ2) is 5.60. The summed E-state index contributed by atoms with van der Waals surface area (Å²) < 4.78 is 44.7. The third kappa shape index (κ3) is 2.82. The van der Waals surface area contributed by atoms with Gasteiger partial charge in [0.2, 0.25) is 4.96 Å². The van der Waals surface area contributed by atoms with Crippen molar-refractivity contribution in [2.75, 3.05) is 6.26 Å². The van der Waals surface area contributed by atoms with Gasteiger partial charge in [-0.05, 0) is 18.4 Å². The highest BCUT2D eigenvalue weighted by atomic mass is 32.2. The smallest absolute Gasteiger partial charge is 0.403 e. The largest absolute Gasteiger partial charge is 0.573 e. The van der Waals surface area contributed by atoms with E-state index in [0.717, 1.165) is 4.34 Å². The van der Waals surface area contributed by atoms with Crippen molar-refractivity contribution in [3.8, 4) is 16.5 Å². The fraction of sp³-hybridized carbons (Fsp3) is 0.154. The van der Waals surface area contributed by atoms with E-state index in [1.54, 1.807) is 16.8 Å². The predicted octanol–water partition coefficient (Wildman–Crippen LogP) is 4.69. The molecule has 0 unspecified atom stereocenters. The predicted molar refractivity (Wildman–Crippen MR) is 87.9 cm³/mol. The first kappa shape index (κ1) is 15.7. The summed E-state index contributed by atoms with van der Waals surface area (Å²) in [5.41, 5.74) is 0.740. The van der Waals surface area contributed by atoms with Gasteiger partial charge in [0, 0.05) is 0 Å². The maximum absolute atomic E-state index is 12.5. The summed E-state index contributed by atoms with van der Waals surface area (Å²) in [5, 5.41) is 4.86. The number of benzene rings is 1. The molecule has 0 aliphatic heterocycles. The number of ether oxygens (including phenoxy) is 1. The Bertz CT molecular complexity index is 1000. The zero-order valence-electron chi connectivity index (χ0n) is 11.9. The standard InChI is InChI=1S/C13H7F3N4OS3/c1-22-12-19-20-5-6(17-11(20)24-12)10-18-9-7(21-13(14,15)16)3-2-4-8(9)23-10/h2-5H,1H3. The molecule has 3 aromatic heterocycles. The maximum atomic E-state index is 12.5. The summed E-state index contributed by atoms with van der Waals surface area (Å²) in [4.78, 5) is 9.42. The summed E-state index contributed by atoms with van der Waals surface area (Å²) >= 11 is 4.22. The van der Waals surface area contributed by atoms with E-state index >= 15 is 0 Å². The Labute approximate surface area is 145 Å². The molecule has 0 radical (unpaired) electrons. The van der Waals surface area contributed by atoms with E-state index in [2.05, 4.69) is 19.8 Å². The number of hydrogen-bond acceptors (Lipinski definition) is 7. The van der Waals surface area contributed by atoms with Crippen LogP contribution in [-0.2, 0) is 0 Å². The fourth-order valence-corrected chi connectivity index (χ4v) is 4.39. The van der Waals surface area contributed by atoms with E-state index in [1.807, 2.05) is 6.26 Å². The number of fused-ring (bicyclic) bond motifs is 2. The molecule has 0 atom stereocenters. The highest BCUT2D eigenvalue weighted by molar-refractivity contribution is 8.00. The zero-order valence-corrected chi connectivity index (χ0v) is 14.3. The number of para-hydroxylation sites is 1. The third-order valence-corrected chi connectivity index (χ3v) is 5.97. The molecule has 4 rings (SSSR count). The number of aromatic nitrogens is 4. The van der Waals surface area contributed by atoms with Crippen molar-refractivity contribution >= 4 is 49.6 Å². The normalized spacial score (nSPS) is 12.3. The van der Waals surface area contributed by atoms with Crippen LogP contribution in [0, 0.1) is 0 Å². The molecule has 11 heteroatoms. The number of hydrogen-bond donors (Lipinski definition) is 0. The van der Waals surface area contributed by atoms with Crippen molar-refractivity contribution in [3.63, 3.8) is 0 Å². The molecular weight excluding hydrogens is 381 g/mol. The number of nitrogens with zero attached hydrogens (tertiary/aromatic N) is 4. The molecule has 24 heavy (non-hydrogen) atoms. The molecule has 0 aliphatic carbocycles. The summed E-state index contributed by atoms with van der Waals surface area (Å²) in [7, 11) is 0. The van der Waals surface area contributed by atoms with Crippen LogP contribution < -0.4 is 4.74 Å². The molecule has 0 saturated heterocycles. The SMILES string of the molecule is CSc1nn2cc(-c3nc4c(OC(F)(F)F)cccc4s3)nc2s1. The van der Waals surface area contributed by atoms with Gasteiger partial charge in [-0.2, -0.15) is 0 Å². The van der Waals surface area contributed by atoms with Crippen LogP contribution in [0.25, 0.3) is 25.9 Å². The molecule has 3 heterocycles. The second-order valence-electron chi connectivity index (χ2n) is 4.60. The van der Waals surface area contributed by atoms with Crippen LogP contribution in [-0.4, -0.2) is 32.2 Å². The maximum Gasteiger partial charge on any atom is 0.573 e. The van der Waals surface area contributed by atoms with Gasteiger partial charge in [0.1, 0.15) is 16.2 Å². The van der Waals surface area contributed by atoms with E-state index in [1.165, 1.54) is 46.6 Å². The fourth-order valence-electron chi connectivity index (χ4n) is 2.11. The Kier molecular flexibility index (Phi) is 3.66. The summed E-state index contributed by atoms with van der Waals surface area (Å²) in [6, 6.07) is 4.45. The van der Waals surface area contributed by atoms with Crippen LogP contribution >= 0.6 is 34.4 Å². The lowest BCUT2D eigenvalue weighted by Crippen LogP contribution is -2.17. The van der Waals surface area contributed by atoms with Gasteiger partial charge in [0.25, 0.3) is 0 Å². The third-order valence-electron chi connectivity index (χ3n) is 3.03. The topological polar surface area (TPSA) is 52.3 Å². The Morgan fingerprint density at radius 1 is 1.21 bits per heavy atom. The van der Waals surface area contributed by atoms with Gasteiger partial charge in [-0.25, -0.2) is 14.5 Å². The minimum absolute atomic E-state index is 0.170. The van der Waals surface area contributed by atoms with Gasteiger partial charge in [-0.1, -0.05) is 29.2 Å². The van der Waals surface area contributed by atoms with Crippen LogP contribution in [0.1, 0.15) is 0 Å². The minimum Gasteiger partial charge on any atom is -0.403 e. The molecule has 0 saturated carbocycles. The Balaban J connectivity index is 1.78. The van der Waals surface area contributed by atoms with E-state index in [-0.39, 0.29) is 11.3 Å². The van der Waals surface area contributed by atoms with E-state index in [0.29, 0.717) is 20.4 Å². The molecule has 0 aliphatic rings. The van der Waals surface area contributed by atoms with Crippen LogP contribution in [0.4, 0.5) is 13.2 Å². The Hall–Kier alpha value is -1.85. The van der Waals surface area contributed by atoms with Crippen molar-refractivity contribution in [2.24, 2.45) is 0 Å². The Morgan fingerprint density at radius 3 is 2.75 bits per heavy atom. The molecular formula is C13H7F3N4OS3. The molecule has 0 bridgehead atoms. The molecule has 124 valence electrons. The average Bonchev–Trinajstić information content (AvgIpc) is 3.17. The molecule has 0 spiro atoms. The highest BCUT2D eigenvalue weighted by Gasteiger charge is 2.32. The monoisotopic (exact) mass is 388 g/mol. The summed E-state index contributed by atoms with van der Waals surface area (Å²) in [6.07, 6.45) is -1.12. The first-order valence-electron chi connectivity index (χ1n) is 6.49. The molecule has 0 fully saturated rings. The van der Waals surface area contributed by atoms with E-state index in [9.17, 15) is 13.2 Å². The zero-order chi connectivity index (χ0) is 16.9. The van der Waals surface area contributed by atoms with Crippen molar-refractivity contribution < 1.29 is 17.9 Å². The van der Waals surface area contributed by atoms with E-state index in [4.69, 9.17) is 0 Å². The lowest BCUT2D eigenvalue weighted by molar-refractivity contribution is -0.274. The van der Waals surface area contributed by atoms with E-state index < -0.39 is 6.36 Å². The number of thiazole rings is 1. The Morgan fingerprint density at radius 2 is 2.04 bits per heavy atom. The van der Waals surface area contributed by atoms with Crippen molar-refractivity contribution in [1.82, 2.24) is 19.6 Å². The number of thioether (sulfide) groups is 1. The highest BCUT2D eigenvalue weighted by Crippen LogP contribution is 2.37. The second-order valence-corrected chi connectivity index (χ2v) is 7.64.